The molecule has 0 bridgehead atoms. The van der Waals surface area contributed by atoms with E-state index >= 15 is 0 Å². The van der Waals surface area contributed by atoms with Crippen molar-refractivity contribution < 1.29 is 13.2 Å². The molecule has 8 heteroatoms. The summed E-state index contributed by atoms with van der Waals surface area (Å²) < 4.78 is 28.3. The van der Waals surface area contributed by atoms with Crippen molar-refractivity contribution >= 4 is 15.8 Å². The highest BCUT2D eigenvalue weighted by Gasteiger charge is 2.29. The van der Waals surface area contributed by atoms with Crippen LogP contribution in [0.1, 0.15) is 20.3 Å². The van der Waals surface area contributed by atoms with Crippen LogP contribution in [0.4, 0.5) is 0 Å². The topological polar surface area (TPSA) is 97.0 Å². The summed E-state index contributed by atoms with van der Waals surface area (Å²) in [5, 5.41) is 0. The average molecular weight is 292 g/mol. The van der Waals surface area contributed by atoms with Gasteiger partial charge in [0.15, 0.2) is 9.84 Å². The predicted molar refractivity (Wildman–Crippen MR) is 75.6 cm³/mol. The Balaban J connectivity index is 2.52. The highest BCUT2D eigenvalue weighted by Crippen LogP contribution is 2.11. The minimum Gasteiger partial charge on any atom is -0.382 e. The fourth-order valence-electron chi connectivity index (χ4n) is 2.03. The highest BCUT2D eigenvalue weighted by molar-refractivity contribution is 7.91. The summed E-state index contributed by atoms with van der Waals surface area (Å²) in [7, 11) is -2.92. The summed E-state index contributed by atoms with van der Waals surface area (Å²) in [5.41, 5.74) is 2.56. The maximum Gasteiger partial charge on any atom is 0.208 e. The second-order valence-corrected chi connectivity index (χ2v) is 6.79. The van der Waals surface area contributed by atoms with E-state index in [0.29, 0.717) is 32.3 Å². The molecule has 1 fully saturated rings. The van der Waals surface area contributed by atoms with E-state index in [9.17, 15) is 8.42 Å². The van der Waals surface area contributed by atoms with E-state index < -0.39 is 9.84 Å². The number of nitrogens with zero attached hydrogens (tertiary/aromatic N) is 2. The molecule has 0 saturated carbocycles. The molecule has 1 unspecified atom stereocenters. The van der Waals surface area contributed by atoms with Crippen LogP contribution in [-0.2, 0) is 14.6 Å². The molecule has 0 aromatic rings. The van der Waals surface area contributed by atoms with Gasteiger partial charge >= 0.3 is 0 Å². The largest absolute Gasteiger partial charge is 0.382 e. The Hall–Kier alpha value is -0.860. The molecule has 1 heterocycles. The number of nitrogens with one attached hydrogen (secondary N) is 1. The first-order valence-electron chi connectivity index (χ1n) is 6.56. The van der Waals surface area contributed by atoms with Crippen LogP contribution in [0.3, 0.4) is 0 Å². The Morgan fingerprint density at radius 2 is 2.32 bits per heavy atom. The van der Waals surface area contributed by atoms with Gasteiger partial charge in [0.2, 0.25) is 5.96 Å². The van der Waals surface area contributed by atoms with Gasteiger partial charge in [0.25, 0.3) is 0 Å². The van der Waals surface area contributed by atoms with Gasteiger partial charge in [0.05, 0.1) is 11.5 Å². The first-order chi connectivity index (χ1) is 9.00. The quantitative estimate of drug-likeness (QED) is 0.230. The summed E-state index contributed by atoms with van der Waals surface area (Å²) in [6.45, 7) is 6.22. The van der Waals surface area contributed by atoms with Gasteiger partial charge in [0.1, 0.15) is 0 Å². The third-order valence-corrected chi connectivity index (χ3v) is 4.78. The third kappa shape index (κ3) is 5.33. The SMILES string of the molecule is CCOCCCN=C(NN)N1CCS(=O)(=O)CC1C. The van der Waals surface area contributed by atoms with E-state index in [4.69, 9.17) is 10.6 Å². The van der Waals surface area contributed by atoms with Gasteiger partial charge in [-0.3, -0.25) is 10.4 Å². The Bertz CT molecular complexity index is 397. The van der Waals surface area contributed by atoms with Crippen molar-refractivity contribution in [2.75, 3.05) is 37.8 Å². The summed E-state index contributed by atoms with van der Waals surface area (Å²) >= 11 is 0. The number of hydrogen-bond acceptors (Lipinski definition) is 5. The van der Waals surface area contributed by atoms with E-state index in [1.165, 1.54) is 0 Å². The van der Waals surface area contributed by atoms with Crippen molar-refractivity contribution in [2.24, 2.45) is 10.8 Å². The molecule has 0 spiro atoms. The second kappa shape index (κ2) is 7.66. The molecule has 0 radical (unpaired) electrons. The van der Waals surface area contributed by atoms with Crippen LogP contribution in [0, 0.1) is 0 Å². The number of rotatable bonds is 5. The molecule has 19 heavy (non-hydrogen) atoms. The Labute approximate surface area is 115 Å². The Kier molecular flexibility index (Phi) is 6.53. The monoisotopic (exact) mass is 292 g/mol. The van der Waals surface area contributed by atoms with Gasteiger partial charge in [0, 0.05) is 32.3 Å². The van der Waals surface area contributed by atoms with E-state index in [2.05, 4.69) is 10.4 Å². The maximum atomic E-state index is 11.5. The number of guanidine groups is 1. The lowest BCUT2D eigenvalue weighted by atomic mass is 10.3. The molecule has 1 aliphatic heterocycles. The lowest BCUT2D eigenvalue weighted by molar-refractivity contribution is 0.146. The fraction of sp³-hybridized carbons (Fsp3) is 0.909. The normalized spacial score (nSPS) is 23.4. The van der Waals surface area contributed by atoms with Gasteiger partial charge in [-0.1, -0.05) is 0 Å². The number of aliphatic imine (C=N–C) groups is 1. The number of hydrogen-bond donors (Lipinski definition) is 2. The Morgan fingerprint density at radius 3 is 2.89 bits per heavy atom. The first kappa shape index (κ1) is 16.2. The summed E-state index contributed by atoms with van der Waals surface area (Å²) in [4.78, 5) is 6.27. The van der Waals surface area contributed by atoms with Crippen LogP contribution in [0.2, 0.25) is 0 Å². The van der Waals surface area contributed by atoms with Gasteiger partial charge < -0.3 is 9.64 Å². The Morgan fingerprint density at radius 1 is 1.58 bits per heavy atom. The zero-order chi connectivity index (χ0) is 14.3. The number of ether oxygens (including phenoxy) is 1. The standard InChI is InChI=1S/C11H24N4O3S/c1-3-18-7-4-5-13-11(14-12)15-6-8-19(16,17)9-10(15)2/h10H,3-9,12H2,1-2H3,(H,13,14). The molecule has 0 aliphatic carbocycles. The molecular weight excluding hydrogens is 268 g/mol. The maximum absolute atomic E-state index is 11.5. The highest BCUT2D eigenvalue weighted by atomic mass is 32.2. The molecule has 0 amide bonds. The lowest BCUT2D eigenvalue weighted by Gasteiger charge is -2.35. The molecule has 0 aromatic carbocycles. The van der Waals surface area contributed by atoms with Crippen LogP contribution in [0.25, 0.3) is 0 Å². The zero-order valence-corrected chi connectivity index (χ0v) is 12.4. The molecule has 1 aliphatic rings. The molecule has 1 rings (SSSR count). The van der Waals surface area contributed by atoms with E-state index in [1.807, 2.05) is 18.7 Å². The molecule has 1 atom stereocenters. The lowest BCUT2D eigenvalue weighted by Crippen LogP contribution is -2.55. The molecule has 0 aromatic heterocycles. The van der Waals surface area contributed by atoms with E-state index in [1.54, 1.807) is 0 Å². The van der Waals surface area contributed by atoms with Crippen molar-refractivity contribution in [3.63, 3.8) is 0 Å². The van der Waals surface area contributed by atoms with Crippen molar-refractivity contribution in [3.05, 3.63) is 0 Å². The smallest absolute Gasteiger partial charge is 0.208 e. The molecule has 112 valence electrons. The van der Waals surface area contributed by atoms with Crippen LogP contribution in [0.15, 0.2) is 4.99 Å². The number of hydrazine groups is 1. The zero-order valence-electron chi connectivity index (χ0n) is 11.6. The minimum absolute atomic E-state index is 0.111. The second-order valence-electron chi connectivity index (χ2n) is 4.56. The average Bonchev–Trinajstić information content (AvgIpc) is 2.34. The van der Waals surface area contributed by atoms with Crippen LogP contribution in [-0.4, -0.2) is 63.1 Å². The fourth-order valence-corrected chi connectivity index (χ4v) is 3.59. The summed E-state index contributed by atoms with van der Waals surface area (Å²) in [6, 6.07) is -0.111. The molecule has 3 N–H and O–H groups in total. The van der Waals surface area contributed by atoms with Crippen LogP contribution >= 0.6 is 0 Å². The van der Waals surface area contributed by atoms with Crippen molar-refractivity contribution in [1.29, 1.82) is 0 Å². The van der Waals surface area contributed by atoms with Crippen molar-refractivity contribution in [3.8, 4) is 0 Å². The molecule has 1 saturated heterocycles. The van der Waals surface area contributed by atoms with Crippen molar-refractivity contribution in [2.45, 2.75) is 26.3 Å². The third-order valence-electron chi connectivity index (χ3n) is 2.98. The van der Waals surface area contributed by atoms with E-state index in [0.717, 1.165) is 6.42 Å². The predicted octanol–water partition coefficient (Wildman–Crippen LogP) is -0.649. The van der Waals surface area contributed by atoms with Gasteiger partial charge in [-0.05, 0) is 20.3 Å². The van der Waals surface area contributed by atoms with Gasteiger partial charge in [-0.15, -0.1) is 0 Å². The number of sulfone groups is 1. The summed E-state index contributed by atoms with van der Waals surface area (Å²) in [6.07, 6.45) is 0.819. The van der Waals surface area contributed by atoms with E-state index in [-0.39, 0.29) is 17.5 Å². The molecular formula is C11H24N4O3S. The first-order valence-corrected chi connectivity index (χ1v) is 8.38. The summed E-state index contributed by atoms with van der Waals surface area (Å²) in [5.74, 6) is 6.32. The van der Waals surface area contributed by atoms with Crippen molar-refractivity contribution in [1.82, 2.24) is 10.3 Å². The number of nitrogens with two attached hydrogens (primary N) is 1. The van der Waals surface area contributed by atoms with Crippen LogP contribution < -0.4 is 11.3 Å². The minimum atomic E-state index is -2.92. The van der Waals surface area contributed by atoms with Crippen LogP contribution in [0.5, 0.6) is 0 Å². The van der Waals surface area contributed by atoms with Gasteiger partial charge in [-0.25, -0.2) is 14.3 Å². The molecule has 7 nitrogen and oxygen atoms in total. The van der Waals surface area contributed by atoms with Gasteiger partial charge in [-0.2, -0.15) is 0 Å².